The summed E-state index contributed by atoms with van der Waals surface area (Å²) in [6, 6.07) is 1.21. The van der Waals surface area contributed by atoms with Crippen LogP contribution in [-0.2, 0) is 19.1 Å². The van der Waals surface area contributed by atoms with E-state index in [9.17, 15) is 14.4 Å². The van der Waals surface area contributed by atoms with Gasteiger partial charge in [-0.2, -0.15) is 0 Å². The summed E-state index contributed by atoms with van der Waals surface area (Å²) in [4.78, 5) is 45.2. The normalized spacial score (nSPS) is 26.5. The number of methoxy groups -OCH3 is 1. The predicted molar refractivity (Wildman–Crippen MR) is 140 cm³/mol. The minimum Gasteiger partial charge on any atom is -0.465 e. The summed E-state index contributed by atoms with van der Waals surface area (Å²) in [6.07, 6.45) is 4.92. The van der Waals surface area contributed by atoms with E-state index in [2.05, 4.69) is 18.8 Å². The van der Waals surface area contributed by atoms with E-state index in [0.717, 1.165) is 32.1 Å². The molecule has 0 spiro atoms. The zero-order valence-electron chi connectivity index (χ0n) is 22.1. The lowest BCUT2D eigenvalue weighted by Crippen LogP contribution is -2.50. The number of hydrogen-bond donors (Lipinski definition) is 0. The van der Waals surface area contributed by atoms with Gasteiger partial charge in [0, 0.05) is 24.5 Å². The van der Waals surface area contributed by atoms with E-state index in [1.807, 2.05) is 25.7 Å². The van der Waals surface area contributed by atoms with Gasteiger partial charge in [-0.1, -0.05) is 18.8 Å². The van der Waals surface area contributed by atoms with Crippen LogP contribution in [0.4, 0.5) is 5.69 Å². The molecular weight excluding hydrogens is 476 g/mol. The Kier molecular flexibility index (Phi) is 8.11. The number of carbonyl (C=O) groups excluding carboxylic acids is 3. The summed E-state index contributed by atoms with van der Waals surface area (Å²) in [5.41, 5.74) is 0.242. The third-order valence-corrected chi connectivity index (χ3v) is 8.40. The molecule has 2 amide bonds. The fraction of sp³-hybridized carbons (Fsp3) is 0.679. The highest BCUT2D eigenvalue weighted by Crippen LogP contribution is 2.38. The molecule has 196 valence electrons. The molecule has 0 bridgehead atoms. The Morgan fingerprint density at radius 2 is 1.89 bits per heavy atom. The van der Waals surface area contributed by atoms with Crippen LogP contribution in [0.15, 0.2) is 6.07 Å². The minimum atomic E-state index is -0.640. The Bertz CT molecular complexity index is 1050. The molecular formula is C28H38N2O5S. The average molecular weight is 515 g/mol. The third-order valence-electron chi connectivity index (χ3n) is 7.38. The molecule has 1 aromatic heterocycles. The van der Waals surface area contributed by atoms with Crippen LogP contribution < -0.4 is 4.90 Å². The van der Waals surface area contributed by atoms with Gasteiger partial charge in [0.1, 0.15) is 10.9 Å². The van der Waals surface area contributed by atoms with Crippen LogP contribution in [-0.4, -0.2) is 61.6 Å². The number of thiophene rings is 1. The maximum Gasteiger partial charge on any atom is 0.350 e. The van der Waals surface area contributed by atoms with E-state index in [-0.39, 0.29) is 29.2 Å². The van der Waals surface area contributed by atoms with Crippen LogP contribution in [0.2, 0.25) is 0 Å². The van der Waals surface area contributed by atoms with Gasteiger partial charge < -0.3 is 14.4 Å². The Hall–Kier alpha value is -2.37. The van der Waals surface area contributed by atoms with Gasteiger partial charge in [0.2, 0.25) is 11.8 Å². The van der Waals surface area contributed by atoms with Crippen molar-refractivity contribution in [1.29, 1.82) is 0 Å². The summed E-state index contributed by atoms with van der Waals surface area (Å²) < 4.78 is 10.6. The van der Waals surface area contributed by atoms with Crippen LogP contribution in [0.5, 0.6) is 0 Å². The lowest BCUT2D eigenvalue weighted by Gasteiger charge is -2.34. The predicted octanol–water partition coefficient (Wildman–Crippen LogP) is 4.48. The first-order valence-corrected chi connectivity index (χ1v) is 13.9. The smallest absolute Gasteiger partial charge is 0.350 e. The quantitative estimate of drug-likeness (QED) is 0.428. The van der Waals surface area contributed by atoms with Gasteiger partial charge in [0.05, 0.1) is 30.3 Å². The van der Waals surface area contributed by atoms with Crippen molar-refractivity contribution >= 4 is 34.8 Å². The van der Waals surface area contributed by atoms with Crippen molar-refractivity contribution in [2.75, 3.05) is 31.8 Å². The SMILES string of the molecule is COC(=O)c1sc(C#CC(C)(C)C)cc1N(C(=O)[C@H]1CC[C@H](C)CC1)[C@H]1CCN([C@H]2CCOC2)C1=O. The topological polar surface area (TPSA) is 76.2 Å². The number of amides is 2. The van der Waals surface area contributed by atoms with Crippen molar-refractivity contribution < 1.29 is 23.9 Å². The highest BCUT2D eigenvalue weighted by molar-refractivity contribution is 7.15. The van der Waals surface area contributed by atoms with Crippen molar-refractivity contribution in [3.05, 3.63) is 15.8 Å². The van der Waals surface area contributed by atoms with Crippen LogP contribution in [0.1, 0.15) is 80.8 Å². The largest absolute Gasteiger partial charge is 0.465 e. The number of ether oxygens (including phenoxy) is 2. The summed E-state index contributed by atoms with van der Waals surface area (Å²) in [5, 5.41) is 0. The fourth-order valence-corrected chi connectivity index (χ4v) is 6.23. The van der Waals surface area contributed by atoms with Gasteiger partial charge in [-0.25, -0.2) is 4.79 Å². The van der Waals surface area contributed by atoms with Crippen LogP contribution in [0.25, 0.3) is 0 Å². The molecule has 2 atom stereocenters. The van der Waals surface area contributed by atoms with Gasteiger partial charge in [0.15, 0.2) is 0 Å². The molecule has 0 unspecified atom stereocenters. The van der Waals surface area contributed by atoms with Gasteiger partial charge in [-0.15, -0.1) is 11.3 Å². The van der Waals surface area contributed by atoms with Crippen molar-refractivity contribution in [1.82, 2.24) is 4.90 Å². The van der Waals surface area contributed by atoms with Crippen molar-refractivity contribution in [3.8, 4) is 11.8 Å². The number of rotatable bonds is 5. The lowest BCUT2D eigenvalue weighted by atomic mass is 9.82. The second kappa shape index (κ2) is 10.9. The van der Waals surface area contributed by atoms with E-state index in [0.29, 0.717) is 47.5 Å². The molecule has 1 saturated carbocycles. The highest BCUT2D eigenvalue weighted by atomic mass is 32.1. The molecule has 3 heterocycles. The molecule has 36 heavy (non-hydrogen) atoms. The van der Waals surface area contributed by atoms with Crippen LogP contribution in [0, 0.1) is 29.1 Å². The van der Waals surface area contributed by atoms with E-state index in [1.165, 1.54) is 18.4 Å². The number of carbonyl (C=O) groups is 3. The third kappa shape index (κ3) is 5.78. The zero-order valence-corrected chi connectivity index (χ0v) is 22.9. The Morgan fingerprint density at radius 3 is 2.50 bits per heavy atom. The number of likely N-dealkylation sites (tertiary alicyclic amines) is 1. The molecule has 2 saturated heterocycles. The molecule has 7 nitrogen and oxygen atoms in total. The fourth-order valence-electron chi connectivity index (χ4n) is 5.31. The summed E-state index contributed by atoms with van der Waals surface area (Å²) in [6.45, 7) is 10.0. The van der Waals surface area contributed by atoms with Crippen LogP contribution in [0.3, 0.4) is 0 Å². The van der Waals surface area contributed by atoms with E-state index in [4.69, 9.17) is 9.47 Å². The van der Waals surface area contributed by atoms with E-state index < -0.39 is 12.0 Å². The number of anilines is 1. The van der Waals surface area contributed by atoms with E-state index >= 15 is 0 Å². The number of nitrogens with zero attached hydrogens (tertiary/aromatic N) is 2. The zero-order chi connectivity index (χ0) is 26.0. The standard InChI is InChI=1S/C28H38N2O5S/c1-18-6-8-19(9-7-18)25(31)30(22-11-14-29(26(22)32)20-12-15-35-17-20)23-16-21(10-13-28(2,3)4)36-24(23)27(33)34-5/h16,18-20,22H,6-9,11-12,14-15,17H2,1-5H3/t18-,19-,20-,22-/m0/s1. The van der Waals surface area contributed by atoms with Gasteiger partial charge in [0.25, 0.3) is 0 Å². The molecule has 2 aliphatic heterocycles. The van der Waals surface area contributed by atoms with Crippen LogP contribution >= 0.6 is 11.3 Å². The average Bonchev–Trinajstić information content (AvgIpc) is 3.58. The van der Waals surface area contributed by atoms with Gasteiger partial charge in [-0.05, 0) is 71.3 Å². The number of hydrogen-bond acceptors (Lipinski definition) is 6. The molecule has 1 aromatic rings. The van der Waals surface area contributed by atoms with Gasteiger partial charge in [-0.3, -0.25) is 14.5 Å². The van der Waals surface area contributed by atoms with Crippen molar-refractivity contribution in [2.45, 2.75) is 78.3 Å². The first-order valence-electron chi connectivity index (χ1n) is 13.1. The molecule has 0 aromatic carbocycles. The lowest BCUT2D eigenvalue weighted by molar-refractivity contribution is -0.133. The molecule has 0 N–H and O–H groups in total. The number of esters is 1. The van der Waals surface area contributed by atoms with Gasteiger partial charge >= 0.3 is 5.97 Å². The maximum absolute atomic E-state index is 14.1. The second-order valence-electron chi connectivity index (χ2n) is 11.3. The monoisotopic (exact) mass is 514 g/mol. The molecule has 0 radical (unpaired) electrons. The van der Waals surface area contributed by atoms with Crippen molar-refractivity contribution in [3.63, 3.8) is 0 Å². The van der Waals surface area contributed by atoms with Crippen molar-refractivity contribution in [2.24, 2.45) is 17.3 Å². The Balaban J connectivity index is 1.74. The van der Waals surface area contributed by atoms with E-state index in [1.54, 1.807) is 11.0 Å². The molecule has 3 fully saturated rings. The molecule has 4 rings (SSSR count). The first-order chi connectivity index (χ1) is 17.1. The molecule has 1 aliphatic carbocycles. The highest BCUT2D eigenvalue weighted by Gasteiger charge is 2.45. The molecule has 8 heteroatoms. The first kappa shape index (κ1) is 26.7. The Labute approximate surface area is 218 Å². The Morgan fingerprint density at radius 1 is 1.17 bits per heavy atom. The minimum absolute atomic E-state index is 0.0470. The summed E-state index contributed by atoms with van der Waals surface area (Å²) in [5.74, 6) is 6.17. The molecule has 3 aliphatic rings. The summed E-state index contributed by atoms with van der Waals surface area (Å²) in [7, 11) is 1.34. The second-order valence-corrected chi connectivity index (χ2v) is 12.4. The summed E-state index contributed by atoms with van der Waals surface area (Å²) >= 11 is 1.22. The maximum atomic E-state index is 14.1.